The van der Waals surface area contributed by atoms with Crippen LogP contribution in [0.4, 0.5) is 5.69 Å². The molecule has 0 spiro atoms. The largest absolute Gasteiger partial charge is 0.457 e. The van der Waals surface area contributed by atoms with Gasteiger partial charge in [-0.1, -0.05) is 0 Å². The highest BCUT2D eigenvalue weighted by Gasteiger charge is 2.05. The van der Waals surface area contributed by atoms with E-state index >= 15 is 0 Å². The molecule has 21 heavy (non-hydrogen) atoms. The predicted octanol–water partition coefficient (Wildman–Crippen LogP) is 3.24. The van der Waals surface area contributed by atoms with Crippen LogP contribution in [0.3, 0.4) is 0 Å². The molecule has 0 aliphatic rings. The number of nitrogens with zero attached hydrogens (tertiary/aromatic N) is 2. The van der Waals surface area contributed by atoms with Gasteiger partial charge in [-0.05, 0) is 42.8 Å². The minimum Gasteiger partial charge on any atom is -0.457 e. The molecule has 1 N–H and O–H groups in total. The van der Waals surface area contributed by atoms with E-state index < -0.39 is 0 Å². The van der Waals surface area contributed by atoms with Crippen LogP contribution < -0.4 is 10.1 Å². The van der Waals surface area contributed by atoms with Crippen LogP contribution in [-0.2, 0) is 11.8 Å². The molecule has 1 heterocycles. The van der Waals surface area contributed by atoms with Gasteiger partial charge < -0.3 is 14.6 Å². The van der Waals surface area contributed by atoms with E-state index in [9.17, 15) is 4.79 Å². The molecule has 0 fully saturated rings. The number of rotatable bonds is 4. The van der Waals surface area contributed by atoms with Crippen molar-refractivity contribution in [1.29, 1.82) is 0 Å². The predicted molar refractivity (Wildman–Crippen MR) is 81.7 cm³/mol. The molecule has 5 nitrogen and oxygen atoms in total. The number of hydrogen-bond acceptors (Lipinski definition) is 3. The number of anilines is 1. The average Bonchev–Trinajstić information content (AvgIpc) is 2.83. The zero-order valence-electron chi connectivity index (χ0n) is 11.8. The van der Waals surface area contributed by atoms with Crippen molar-refractivity contribution >= 4 is 23.1 Å². The minimum absolute atomic E-state index is 0.657. The molecule has 0 saturated carbocycles. The van der Waals surface area contributed by atoms with Crippen molar-refractivity contribution in [2.75, 3.05) is 5.32 Å². The number of nitrogens with one attached hydrogen (secondary N) is 1. The van der Waals surface area contributed by atoms with Crippen molar-refractivity contribution in [2.45, 2.75) is 6.92 Å². The average molecular weight is 281 g/mol. The fraction of sp³-hybridized carbons (Fsp3) is 0.125. The van der Waals surface area contributed by atoms with Crippen LogP contribution in [0, 0.1) is 6.92 Å². The molecule has 0 aliphatic carbocycles. The Morgan fingerprint density at radius 2 is 2.10 bits per heavy atom. The molecule has 0 unspecified atom stereocenters. The fourth-order valence-electron chi connectivity index (χ4n) is 2.23. The van der Waals surface area contributed by atoms with Crippen LogP contribution in [0.5, 0.6) is 11.5 Å². The quantitative estimate of drug-likeness (QED) is 0.747. The number of aryl methyl sites for hydroxylation is 2. The first-order valence-corrected chi connectivity index (χ1v) is 6.57. The molecule has 5 heteroatoms. The van der Waals surface area contributed by atoms with Crippen molar-refractivity contribution in [1.82, 2.24) is 9.55 Å². The van der Waals surface area contributed by atoms with Gasteiger partial charge in [0.15, 0.2) is 0 Å². The summed E-state index contributed by atoms with van der Waals surface area (Å²) in [6.07, 6.45) is 2.43. The maximum Gasteiger partial charge on any atom is 0.211 e. The van der Waals surface area contributed by atoms with E-state index in [1.165, 1.54) is 0 Å². The molecule has 2 aromatic carbocycles. The lowest BCUT2D eigenvalue weighted by Crippen LogP contribution is -1.95. The topological polar surface area (TPSA) is 56.1 Å². The Labute approximate surface area is 122 Å². The van der Waals surface area contributed by atoms with Gasteiger partial charge in [0, 0.05) is 18.8 Å². The number of imidazole rings is 1. The van der Waals surface area contributed by atoms with Gasteiger partial charge in [0.1, 0.15) is 11.5 Å². The van der Waals surface area contributed by atoms with E-state index in [0.717, 1.165) is 33.8 Å². The number of hydrogen-bond donors (Lipinski definition) is 1. The van der Waals surface area contributed by atoms with Crippen LogP contribution in [0.25, 0.3) is 11.0 Å². The van der Waals surface area contributed by atoms with E-state index in [1.54, 1.807) is 12.4 Å². The number of carbonyl (C=O) groups is 1. The summed E-state index contributed by atoms with van der Waals surface area (Å²) in [6.45, 7) is 1.94. The second-order valence-electron chi connectivity index (χ2n) is 4.85. The first kappa shape index (κ1) is 13.2. The summed E-state index contributed by atoms with van der Waals surface area (Å²) < 4.78 is 7.86. The monoisotopic (exact) mass is 281 g/mol. The second-order valence-corrected chi connectivity index (χ2v) is 4.85. The maximum absolute atomic E-state index is 10.4. The van der Waals surface area contributed by atoms with Crippen molar-refractivity contribution in [3.63, 3.8) is 0 Å². The molecule has 0 bridgehead atoms. The summed E-state index contributed by atoms with van der Waals surface area (Å²) in [5.41, 5.74) is 3.65. The molecule has 0 atom stereocenters. The fourth-order valence-corrected chi connectivity index (χ4v) is 2.23. The van der Waals surface area contributed by atoms with Gasteiger partial charge in [-0.15, -0.1) is 0 Å². The highest BCUT2D eigenvalue weighted by Crippen LogP contribution is 2.28. The molecular weight excluding hydrogens is 266 g/mol. The molecule has 3 rings (SSSR count). The van der Waals surface area contributed by atoms with Crippen molar-refractivity contribution < 1.29 is 9.53 Å². The van der Waals surface area contributed by atoms with Gasteiger partial charge in [0.25, 0.3) is 0 Å². The number of aromatic nitrogens is 2. The lowest BCUT2D eigenvalue weighted by molar-refractivity contribution is -0.105. The molecule has 0 saturated heterocycles. The summed E-state index contributed by atoms with van der Waals surface area (Å²) in [5, 5.41) is 2.62. The lowest BCUT2D eigenvalue weighted by atomic mass is 10.2. The third-order valence-corrected chi connectivity index (χ3v) is 3.33. The minimum atomic E-state index is 0.657. The first-order valence-electron chi connectivity index (χ1n) is 6.57. The molecule has 0 aliphatic heterocycles. The van der Waals surface area contributed by atoms with Gasteiger partial charge in [0.05, 0.1) is 17.4 Å². The maximum atomic E-state index is 10.4. The number of carbonyl (C=O) groups excluding carboxylic acids is 1. The zero-order valence-corrected chi connectivity index (χ0v) is 11.8. The van der Waals surface area contributed by atoms with Crippen molar-refractivity contribution in [2.24, 2.45) is 7.05 Å². The smallest absolute Gasteiger partial charge is 0.211 e. The Bertz CT molecular complexity index is 808. The Morgan fingerprint density at radius 1 is 1.24 bits per heavy atom. The highest BCUT2D eigenvalue weighted by molar-refractivity contribution is 5.77. The van der Waals surface area contributed by atoms with Gasteiger partial charge in [-0.3, -0.25) is 4.79 Å². The Hall–Kier alpha value is -2.82. The Morgan fingerprint density at radius 3 is 2.86 bits per heavy atom. The highest BCUT2D eigenvalue weighted by atomic mass is 16.5. The summed E-state index contributed by atoms with van der Waals surface area (Å²) >= 11 is 0. The summed E-state index contributed by atoms with van der Waals surface area (Å²) in [4.78, 5) is 14.8. The molecular formula is C16H15N3O2. The van der Waals surface area contributed by atoms with Crippen LogP contribution >= 0.6 is 0 Å². The van der Waals surface area contributed by atoms with E-state index in [-0.39, 0.29) is 0 Å². The van der Waals surface area contributed by atoms with E-state index in [0.29, 0.717) is 6.41 Å². The van der Waals surface area contributed by atoms with Gasteiger partial charge in [-0.2, -0.15) is 0 Å². The normalized spacial score (nSPS) is 10.6. The van der Waals surface area contributed by atoms with Crippen LogP contribution in [0.15, 0.2) is 42.7 Å². The number of benzene rings is 2. The van der Waals surface area contributed by atoms with Crippen molar-refractivity contribution in [3.8, 4) is 11.5 Å². The van der Waals surface area contributed by atoms with Crippen LogP contribution in [0.2, 0.25) is 0 Å². The van der Waals surface area contributed by atoms with E-state index in [4.69, 9.17) is 4.74 Å². The SMILES string of the molecule is Cc1cc(NC=O)ccc1Oc1ccc2c(c1)ncn2C. The summed E-state index contributed by atoms with van der Waals surface area (Å²) in [7, 11) is 1.96. The van der Waals surface area contributed by atoms with Crippen molar-refractivity contribution in [3.05, 3.63) is 48.3 Å². The Balaban J connectivity index is 1.89. The molecule has 0 radical (unpaired) electrons. The van der Waals surface area contributed by atoms with Gasteiger partial charge in [0.2, 0.25) is 6.41 Å². The Kier molecular flexibility index (Phi) is 3.31. The zero-order chi connectivity index (χ0) is 14.8. The summed E-state index contributed by atoms with van der Waals surface area (Å²) in [6, 6.07) is 11.3. The van der Waals surface area contributed by atoms with E-state index in [1.807, 2.05) is 48.9 Å². The third kappa shape index (κ3) is 2.58. The number of ether oxygens (including phenoxy) is 1. The molecule has 3 aromatic rings. The van der Waals surface area contributed by atoms with Crippen LogP contribution in [0.1, 0.15) is 5.56 Å². The third-order valence-electron chi connectivity index (χ3n) is 3.33. The second kappa shape index (κ2) is 5.28. The number of amides is 1. The summed E-state index contributed by atoms with van der Waals surface area (Å²) in [5.74, 6) is 1.49. The van der Waals surface area contributed by atoms with Gasteiger partial charge in [-0.25, -0.2) is 4.98 Å². The van der Waals surface area contributed by atoms with Gasteiger partial charge >= 0.3 is 0 Å². The molecule has 1 amide bonds. The van der Waals surface area contributed by atoms with E-state index in [2.05, 4.69) is 10.3 Å². The van der Waals surface area contributed by atoms with Crippen LogP contribution in [-0.4, -0.2) is 16.0 Å². The number of fused-ring (bicyclic) bond motifs is 1. The first-order chi connectivity index (χ1) is 10.2. The lowest BCUT2D eigenvalue weighted by Gasteiger charge is -2.10. The molecule has 106 valence electrons. The standard InChI is InChI=1S/C16H15N3O2/c1-11-7-12(18-10-20)3-6-16(11)21-13-4-5-15-14(8-13)17-9-19(15)2/h3-10H,1-2H3,(H,18,20). The molecule has 1 aromatic heterocycles.